The van der Waals surface area contributed by atoms with E-state index in [4.69, 9.17) is 9.15 Å². The SMILES string of the molecule is C[C@@H]1CN(Cc2nnc(-c3ccccc3)o2)CCO1. The van der Waals surface area contributed by atoms with Crippen LogP contribution in [0.15, 0.2) is 34.7 Å². The topological polar surface area (TPSA) is 51.4 Å². The van der Waals surface area contributed by atoms with E-state index in [1.54, 1.807) is 0 Å². The zero-order valence-electron chi connectivity index (χ0n) is 11.0. The first-order valence-corrected chi connectivity index (χ1v) is 6.53. The first kappa shape index (κ1) is 12.3. The van der Waals surface area contributed by atoms with E-state index in [1.165, 1.54) is 0 Å². The Morgan fingerprint density at radius 1 is 1.26 bits per heavy atom. The summed E-state index contributed by atoms with van der Waals surface area (Å²) in [4.78, 5) is 2.27. The normalized spacial score (nSPS) is 20.6. The first-order chi connectivity index (χ1) is 9.31. The average molecular weight is 259 g/mol. The van der Waals surface area contributed by atoms with Gasteiger partial charge in [0.05, 0.1) is 19.3 Å². The van der Waals surface area contributed by atoms with Crippen LogP contribution in [0.3, 0.4) is 0 Å². The van der Waals surface area contributed by atoms with Gasteiger partial charge < -0.3 is 9.15 Å². The Kier molecular flexibility index (Phi) is 3.57. The summed E-state index contributed by atoms with van der Waals surface area (Å²) in [6.45, 7) is 5.35. The first-order valence-electron chi connectivity index (χ1n) is 6.53. The summed E-state index contributed by atoms with van der Waals surface area (Å²) >= 11 is 0. The van der Waals surface area contributed by atoms with Crippen LogP contribution in [0.5, 0.6) is 0 Å². The molecule has 0 unspecified atom stereocenters. The van der Waals surface area contributed by atoms with E-state index in [-0.39, 0.29) is 6.10 Å². The molecule has 2 aromatic rings. The molecule has 1 aromatic heterocycles. The second-order valence-corrected chi connectivity index (χ2v) is 4.78. The molecule has 0 spiro atoms. The molecule has 1 aliphatic rings. The van der Waals surface area contributed by atoms with E-state index in [0.717, 1.165) is 25.3 Å². The fraction of sp³-hybridized carbons (Fsp3) is 0.429. The van der Waals surface area contributed by atoms with E-state index in [0.29, 0.717) is 18.3 Å². The van der Waals surface area contributed by atoms with Crippen LogP contribution >= 0.6 is 0 Å². The van der Waals surface area contributed by atoms with Crippen LogP contribution in [-0.2, 0) is 11.3 Å². The van der Waals surface area contributed by atoms with Crippen molar-refractivity contribution in [2.24, 2.45) is 0 Å². The molecule has 3 rings (SSSR count). The number of benzene rings is 1. The fourth-order valence-corrected chi connectivity index (χ4v) is 2.24. The third-order valence-corrected chi connectivity index (χ3v) is 3.17. The summed E-state index contributed by atoms with van der Waals surface area (Å²) in [7, 11) is 0. The maximum Gasteiger partial charge on any atom is 0.247 e. The number of rotatable bonds is 3. The minimum Gasteiger partial charge on any atom is -0.419 e. The van der Waals surface area contributed by atoms with Crippen molar-refractivity contribution >= 4 is 0 Å². The zero-order valence-corrected chi connectivity index (χ0v) is 11.0. The molecule has 5 heteroatoms. The molecule has 0 bridgehead atoms. The van der Waals surface area contributed by atoms with Crippen LogP contribution in [0, 0.1) is 0 Å². The maximum atomic E-state index is 5.70. The highest BCUT2D eigenvalue weighted by molar-refractivity contribution is 5.51. The molecule has 0 amide bonds. The lowest BCUT2D eigenvalue weighted by atomic mass is 10.2. The predicted octanol–water partition coefficient (Wildman–Crippen LogP) is 1.96. The molecule has 1 saturated heterocycles. The number of hydrogen-bond donors (Lipinski definition) is 0. The van der Waals surface area contributed by atoms with Gasteiger partial charge in [0, 0.05) is 18.7 Å². The van der Waals surface area contributed by atoms with Crippen molar-refractivity contribution in [2.75, 3.05) is 19.7 Å². The Balaban J connectivity index is 1.68. The highest BCUT2D eigenvalue weighted by Crippen LogP contribution is 2.18. The van der Waals surface area contributed by atoms with Gasteiger partial charge >= 0.3 is 0 Å². The fourth-order valence-electron chi connectivity index (χ4n) is 2.24. The summed E-state index contributed by atoms with van der Waals surface area (Å²) in [6.07, 6.45) is 0.269. The van der Waals surface area contributed by atoms with E-state index in [9.17, 15) is 0 Å². The third kappa shape index (κ3) is 3.00. The van der Waals surface area contributed by atoms with Crippen molar-refractivity contribution in [3.05, 3.63) is 36.2 Å². The van der Waals surface area contributed by atoms with Gasteiger partial charge in [0.2, 0.25) is 11.8 Å². The molecule has 5 nitrogen and oxygen atoms in total. The van der Waals surface area contributed by atoms with Crippen molar-refractivity contribution in [3.63, 3.8) is 0 Å². The molecular formula is C14H17N3O2. The van der Waals surface area contributed by atoms with Gasteiger partial charge in [0.1, 0.15) is 0 Å². The number of nitrogens with zero attached hydrogens (tertiary/aromatic N) is 3. The Bertz CT molecular complexity index is 526. The minimum absolute atomic E-state index is 0.269. The van der Waals surface area contributed by atoms with Gasteiger partial charge in [-0.2, -0.15) is 0 Å². The molecule has 1 aromatic carbocycles. The van der Waals surface area contributed by atoms with Gasteiger partial charge in [-0.15, -0.1) is 10.2 Å². The number of aromatic nitrogens is 2. The van der Waals surface area contributed by atoms with Crippen molar-refractivity contribution < 1.29 is 9.15 Å². The van der Waals surface area contributed by atoms with Gasteiger partial charge in [-0.25, -0.2) is 0 Å². The summed E-state index contributed by atoms with van der Waals surface area (Å²) in [6, 6.07) is 9.82. The quantitative estimate of drug-likeness (QED) is 0.843. The maximum absolute atomic E-state index is 5.70. The van der Waals surface area contributed by atoms with Crippen molar-refractivity contribution in [1.82, 2.24) is 15.1 Å². The molecule has 0 saturated carbocycles. The van der Waals surface area contributed by atoms with E-state index >= 15 is 0 Å². The highest BCUT2D eigenvalue weighted by atomic mass is 16.5. The van der Waals surface area contributed by atoms with Crippen LogP contribution in [0.1, 0.15) is 12.8 Å². The number of morpholine rings is 1. The number of hydrogen-bond acceptors (Lipinski definition) is 5. The summed E-state index contributed by atoms with van der Waals surface area (Å²) < 4.78 is 11.2. The second kappa shape index (κ2) is 5.50. The van der Waals surface area contributed by atoms with Crippen molar-refractivity contribution in [1.29, 1.82) is 0 Å². The molecule has 0 radical (unpaired) electrons. The molecule has 2 heterocycles. The average Bonchev–Trinajstić information content (AvgIpc) is 2.88. The molecule has 0 aliphatic carbocycles. The second-order valence-electron chi connectivity index (χ2n) is 4.78. The molecule has 100 valence electrons. The van der Waals surface area contributed by atoms with E-state index < -0.39 is 0 Å². The molecule has 19 heavy (non-hydrogen) atoms. The van der Waals surface area contributed by atoms with E-state index in [2.05, 4.69) is 22.0 Å². The summed E-state index contributed by atoms with van der Waals surface area (Å²) in [5, 5.41) is 8.21. The zero-order chi connectivity index (χ0) is 13.1. The smallest absolute Gasteiger partial charge is 0.247 e. The van der Waals surface area contributed by atoms with E-state index in [1.807, 2.05) is 30.3 Å². The molecule has 1 aliphatic heterocycles. The van der Waals surface area contributed by atoms with Gasteiger partial charge in [0.15, 0.2) is 0 Å². The number of ether oxygens (including phenoxy) is 1. The molecular weight excluding hydrogens is 242 g/mol. The molecule has 0 N–H and O–H groups in total. The van der Waals surface area contributed by atoms with Crippen molar-refractivity contribution in [2.45, 2.75) is 19.6 Å². The Labute approximate surface area is 112 Å². The Morgan fingerprint density at radius 3 is 2.89 bits per heavy atom. The summed E-state index contributed by atoms with van der Waals surface area (Å²) in [5.41, 5.74) is 0.955. The lowest BCUT2D eigenvalue weighted by Crippen LogP contribution is -2.40. The largest absolute Gasteiger partial charge is 0.419 e. The van der Waals surface area contributed by atoms with Crippen LogP contribution < -0.4 is 0 Å². The Morgan fingerprint density at radius 2 is 2.11 bits per heavy atom. The van der Waals surface area contributed by atoms with Gasteiger partial charge in [0.25, 0.3) is 0 Å². The standard InChI is InChI=1S/C14H17N3O2/c1-11-9-17(7-8-18-11)10-13-15-16-14(19-13)12-5-3-2-4-6-12/h2-6,11H,7-10H2,1H3/t11-/m1/s1. The van der Waals surface area contributed by atoms with Crippen LogP contribution in [-0.4, -0.2) is 40.9 Å². The molecule has 1 fully saturated rings. The van der Waals surface area contributed by atoms with Gasteiger partial charge in [-0.1, -0.05) is 18.2 Å². The van der Waals surface area contributed by atoms with Gasteiger partial charge in [-0.3, -0.25) is 4.90 Å². The lowest BCUT2D eigenvalue weighted by Gasteiger charge is -2.29. The monoisotopic (exact) mass is 259 g/mol. The Hall–Kier alpha value is -1.72. The van der Waals surface area contributed by atoms with Crippen LogP contribution in [0.2, 0.25) is 0 Å². The minimum atomic E-state index is 0.269. The lowest BCUT2D eigenvalue weighted by molar-refractivity contribution is -0.0235. The van der Waals surface area contributed by atoms with Gasteiger partial charge in [-0.05, 0) is 19.1 Å². The van der Waals surface area contributed by atoms with Crippen molar-refractivity contribution in [3.8, 4) is 11.5 Å². The van der Waals surface area contributed by atoms with Crippen LogP contribution in [0.25, 0.3) is 11.5 Å². The third-order valence-electron chi connectivity index (χ3n) is 3.17. The predicted molar refractivity (Wildman–Crippen MR) is 70.4 cm³/mol. The highest BCUT2D eigenvalue weighted by Gasteiger charge is 2.19. The van der Waals surface area contributed by atoms with Crippen LogP contribution in [0.4, 0.5) is 0 Å². The molecule has 1 atom stereocenters. The summed E-state index contributed by atoms with van der Waals surface area (Å²) in [5.74, 6) is 1.24.